The minimum absolute atomic E-state index is 0.0313. The Kier molecular flexibility index (Phi) is 7.24. The van der Waals surface area contributed by atoms with Gasteiger partial charge in [0.2, 0.25) is 0 Å². The van der Waals surface area contributed by atoms with Crippen LogP contribution in [0, 0.1) is 11.7 Å². The van der Waals surface area contributed by atoms with Crippen molar-refractivity contribution in [3.05, 3.63) is 59.4 Å². The number of benzene rings is 2. The van der Waals surface area contributed by atoms with Gasteiger partial charge >= 0.3 is 5.97 Å². The summed E-state index contributed by atoms with van der Waals surface area (Å²) in [4.78, 5) is 12.5. The minimum Gasteiger partial charge on any atom is -0.459 e. The smallest absolute Gasteiger partial charge is 0.338 e. The Morgan fingerprint density at radius 1 is 1.00 bits per heavy atom. The number of hydrogen-bond acceptors (Lipinski definition) is 2. The van der Waals surface area contributed by atoms with Crippen LogP contribution in [-0.4, -0.2) is 12.1 Å². The van der Waals surface area contributed by atoms with Crippen molar-refractivity contribution < 1.29 is 13.9 Å². The molecule has 0 aliphatic heterocycles. The maximum absolute atomic E-state index is 14.4. The van der Waals surface area contributed by atoms with Crippen LogP contribution in [0.25, 0.3) is 11.1 Å². The summed E-state index contributed by atoms with van der Waals surface area (Å²) in [5.41, 5.74) is 2.88. The summed E-state index contributed by atoms with van der Waals surface area (Å²) in [5.74, 6) is 0.298. The number of halogens is 1. The lowest BCUT2D eigenvalue weighted by atomic mass is 9.85. The summed E-state index contributed by atoms with van der Waals surface area (Å²) in [6.45, 7) is 4.31. The molecule has 0 saturated heterocycles. The van der Waals surface area contributed by atoms with E-state index in [1.807, 2.05) is 12.1 Å². The van der Waals surface area contributed by atoms with Crippen molar-refractivity contribution in [2.24, 2.45) is 5.92 Å². The first-order valence-electron chi connectivity index (χ1n) is 10.7. The topological polar surface area (TPSA) is 26.3 Å². The third kappa shape index (κ3) is 5.21. The summed E-state index contributed by atoms with van der Waals surface area (Å²) >= 11 is 0. The fraction of sp³-hybridized carbons (Fsp3) is 0.480. The molecule has 1 aliphatic carbocycles. The van der Waals surface area contributed by atoms with E-state index in [4.69, 9.17) is 4.74 Å². The lowest BCUT2D eigenvalue weighted by Gasteiger charge is -2.28. The van der Waals surface area contributed by atoms with Crippen LogP contribution < -0.4 is 0 Å². The van der Waals surface area contributed by atoms with E-state index in [9.17, 15) is 9.18 Å². The highest BCUT2D eigenvalue weighted by atomic mass is 19.1. The first-order chi connectivity index (χ1) is 13.6. The van der Waals surface area contributed by atoms with Crippen molar-refractivity contribution in [2.75, 3.05) is 0 Å². The molecule has 0 atom stereocenters. The number of carbonyl (C=O) groups excluding carboxylic acids is 1. The molecule has 2 nitrogen and oxygen atoms in total. The van der Waals surface area contributed by atoms with Gasteiger partial charge in [-0.15, -0.1) is 0 Å². The van der Waals surface area contributed by atoms with Gasteiger partial charge in [0.15, 0.2) is 0 Å². The molecule has 0 N–H and O–H groups in total. The van der Waals surface area contributed by atoms with Gasteiger partial charge in [0.05, 0.1) is 5.56 Å². The van der Waals surface area contributed by atoms with Crippen molar-refractivity contribution in [3.8, 4) is 11.1 Å². The zero-order valence-electron chi connectivity index (χ0n) is 17.0. The molecule has 0 amide bonds. The van der Waals surface area contributed by atoms with Crippen LogP contribution >= 0.6 is 0 Å². The van der Waals surface area contributed by atoms with E-state index in [0.29, 0.717) is 11.1 Å². The molecule has 0 heterocycles. The quantitative estimate of drug-likeness (QED) is 0.484. The molecule has 1 fully saturated rings. The molecule has 2 aromatic carbocycles. The summed E-state index contributed by atoms with van der Waals surface area (Å²) in [6, 6.07) is 12.5. The van der Waals surface area contributed by atoms with E-state index in [1.54, 1.807) is 30.3 Å². The highest BCUT2D eigenvalue weighted by molar-refractivity contribution is 5.90. The van der Waals surface area contributed by atoms with Crippen molar-refractivity contribution in [2.45, 2.75) is 71.3 Å². The van der Waals surface area contributed by atoms with Gasteiger partial charge in [0.25, 0.3) is 0 Å². The highest BCUT2D eigenvalue weighted by Crippen LogP contribution is 2.30. The Balaban J connectivity index is 1.60. The van der Waals surface area contributed by atoms with Gasteiger partial charge < -0.3 is 4.74 Å². The second-order valence-corrected chi connectivity index (χ2v) is 7.98. The van der Waals surface area contributed by atoms with Crippen LogP contribution in [0.2, 0.25) is 0 Å². The molecule has 1 aliphatic rings. The maximum atomic E-state index is 14.4. The molecule has 28 heavy (non-hydrogen) atoms. The largest absolute Gasteiger partial charge is 0.459 e. The van der Waals surface area contributed by atoms with Crippen molar-refractivity contribution in [1.29, 1.82) is 0 Å². The molecular formula is C25H31FO2. The SMILES string of the molecule is CCCc1ccc(-c2ccc(C(=O)OC3CCC(CCC)CC3)cc2)c(F)c1. The van der Waals surface area contributed by atoms with E-state index in [-0.39, 0.29) is 17.9 Å². The van der Waals surface area contributed by atoms with E-state index < -0.39 is 0 Å². The summed E-state index contributed by atoms with van der Waals surface area (Å²) in [5, 5.41) is 0. The minimum atomic E-state index is -0.274. The standard InChI is InChI=1S/C25H31FO2/c1-3-5-18-7-14-22(15-8-18)28-25(27)21-12-10-20(11-13-21)23-16-9-19(6-4-2)17-24(23)26/h9-13,16-18,22H,3-8,14-15H2,1-2H3. The van der Waals surface area contributed by atoms with Gasteiger partial charge in [-0.3, -0.25) is 0 Å². The van der Waals surface area contributed by atoms with Crippen molar-refractivity contribution >= 4 is 5.97 Å². The number of hydrogen-bond donors (Lipinski definition) is 0. The van der Waals surface area contributed by atoms with Gasteiger partial charge in [0, 0.05) is 5.56 Å². The third-order valence-electron chi connectivity index (χ3n) is 5.77. The normalized spacial score (nSPS) is 19.4. The van der Waals surface area contributed by atoms with E-state index in [1.165, 1.54) is 12.8 Å². The number of rotatable bonds is 7. The lowest BCUT2D eigenvalue weighted by Crippen LogP contribution is -2.24. The van der Waals surface area contributed by atoms with Crippen LogP contribution in [0.15, 0.2) is 42.5 Å². The monoisotopic (exact) mass is 382 g/mol. The molecule has 0 aromatic heterocycles. The van der Waals surface area contributed by atoms with Gasteiger partial charge in [-0.2, -0.15) is 0 Å². The zero-order chi connectivity index (χ0) is 19.9. The highest BCUT2D eigenvalue weighted by Gasteiger charge is 2.24. The van der Waals surface area contributed by atoms with Crippen LogP contribution in [0.4, 0.5) is 4.39 Å². The average Bonchev–Trinajstić information content (AvgIpc) is 2.70. The lowest BCUT2D eigenvalue weighted by molar-refractivity contribution is 0.0161. The van der Waals surface area contributed by atoms with Crippen molar-refractivity contribution in [3.63, 3.8) is 0 Å². The molecule has 1 saturated carbocycles. The molecule has 0 spiro atoms. The summed E-state index contributed by atoms with van der Waals surface area (Å²) in [7, 11) is 0. The Labute approximate surface area is 168 Å². The second kappa shape index (κ2) is 9.86. The zero-order valence-corrected chi connectivity index (χ0v) is 17.0. The van der Waals surface area contributed by atoms with E-state index >= 15 is 0 Å². The Hall–Kier alpha value is -2.16. The molecular weight excluding hydrogens is 351 g/mol. The van der Waals surface area contributed by atoms with Crippen LogP contribution in [-0.2, 0) is 11.2 Å². The average molecular weight is 383 g/mol. The van der Waals surface area contributed by atoms with Gasteiger partial charge in [-0.25, -0.2) is 9.18 Å². The Bertz CT molecular complexity index is 774. The number of carbonyl (C=O) groups is 1. The first-order valence-corrected chi connectivity index (χ1v) is 10.7. The summed E-state index contributed by atoms with van der Waals surface area (Å²) < 4.78 is 20.1. The first kappa shape index (κ1) is 20.6. The van der Waals surface area contributed by atoms with Crippen LogP contribution in [0.1, 0.15) is 74.7 Å². The molecule has 0 radical (unpaired) electrons. The number of ether oxygens (including phenoxy) is 1. The van der Waals surface area contributed by atoms with E-state index in [0.717, 1.165) is 55.6 Å². The Morgan fingerprint density at radius 2 is 1.71 bits per heavy atom. The fourth-order valence-electron chi connectivity index (χ4n) is 4.19. The fourth-order valence-corrected chi connectivity index (χ4v) is 4.19. The predicted octanol–water partition coefficient (Wildman–Crippen LogP) is 6.96. The predicted molar refractivity (Wildman–Crippen MR) is 112 cm³/mol. The molecule has 2 aromatic rings. The van der Waals surface area contributed by atoms with Gasteiger partial charge in [-0.05, 0) is 67.3 Å². The van der Waals surface area contributed by atoms with Gasteiger partial charge in [-0.1, -0.05) is 57.4 Å². The Morgan fingerprint density at radius 3 is 2.32 bits per heavy atom. The van der Waals surface area contributed by atoms with Crippen LogP contribution in [0.3, 0.4) is 0 Å². The molecule has 0 unspecified atom stereocenters. The van der Waals surface area contributed by atoms with E-state index in [2.05, 4.69) is 13.8 Å². The van der Waals surface area contributed by atoms with Gasteiger partial charge in [0.1, 0.15) is 11.9 Å². The summed E-state index contributed by atoms with van der Waals surface area (Å²) in [6.07, 6.45) is 8.63. The molecule has 3 heteroatoms. The maximum Gasteiger partial charge on any atom is 0.338 e. The number of esters is 1. The van der Waals surface area contributed by atoms with Crippen LogP contribution in [0.5, 0.6) is 0 Å². The third-order valence-corrected chi connectivity index (χ3v) is 5.77. The molecule has 0 bridgehead atoms. The number of aryl methyl sites for hydroxylation is 1. The second-order valence-electron chi connectivity index (χ2n) is 7.98. The van der Waals surface area contributed by atoms with Crippen molar-refractivity contribution in [1.82, 2.24) is 0 Å². The molecule has 3 rings (SSSR count). The molecule has 150 valence electrons.